The highest BCUT2D eigenvalue weighted by Gasteiger charge is 2.54. The van der Waals surface area contributed by atoms with E-state index in [4.69, 9.17) is 47.4 Å². The fourth-order valence-electron chi connectivity index (χ4n) is 8.50. The summed E-state index contributed by atoms with van der Waals surface area (Å²) in [5.74, 6) is 0. The highest BCUT2D eigenvalue weighted by atomic mass is 16.8. The molecule has 8 rings (SSSR count). The molecule has 2 aliphatic rings. The third-order valence-electron chi connectivity index (χ3n) is 12.1. The summed E-state index contributed by atoms with van der Waals surface area (Å²) in [6, 6.07) is 58.8. The summed E-state index contributed by atoms with van der Waals surface area (Å²) in [6.45, 7) is -0.0532. The molecule has 13 heteroatoms. The Morgan fingerprint density at radius 1 is 0.371 bits per heavy atom. The van der Waals surface area contributed by atoms with Crippen molar-refractivity contribution in [3.63, 3.8) is 0 Å². The Morgan fingerprint density at radius 3 is 1.11 bits per heavy atom. The normalized spacial score (nSPS) is 25.1. The lowest BCUT2D eigenvalue weighted by atomic mass is 9.96. The summed E-state index contributed by atoms with van der Waals surface area (Å²) >= 11 is 0. The second-order valence-corrected chi connectivity index (χ2v) is 17.3. The molecule has 0 amide bonds. The van der Waals surface area contributed by atoms with E-state index in [0.29, 0.717) is 6.61 Å². The number of benzene rings is 6. The van der Waals surface area contributed by atoms with Gasteiger partial charge in [0, 0.05) is 0 Å². The molecule has 0 radical (unpaired) electrons. The summed E-state index contributed by atoms with van der Waals surface area (Å²) in [6.07, 6.45) is -11.1. The van der Waals surface area contributed by atoms with Crippen molar-refractivity contribution in [1.82, 2.24) is 0 Å². The largest absolute Gasteiger partial charge is 0.394 e. The molecule has 370 valence electrons. The molecule has 0 unspecified atom stereocenters. The van der Waals surface area contributed by atoms with Crippen LogP contribution in [0, 0.1) is 0 Å². The monoisotopic (exact) mass is 956 g/mol. The van der Waals surface area contributed by atoms with Gasteiger partial charge in [0.2, 0.25) is 0 Å². The fraction of sp³-hybridized carbons (Fsp3) is 0.368. The zero-order chi connectivity index (χ0) is 48.2. The molecular formula is C57H64O13. The van der Waals surface area contributed by atoms with Crippen LogP contribution in [-0.2, 0) is 87.0 Å². The lowest BCUT2D eigenvalue weighted by Crippen LogP contribution is -2.66. The Kier molecular flexibility index (Phi) is 20.0. The van der Waals surface area contributed by atoms with Gasteiger partial charge in [-0.05, 0) is 33.4 Å². The van der Waals surface area contributed by atoms with Crippen molar-refractivity contribution >= 4 is 0 Å². The number of aliphatic hydroxyl groups excluding tert-OH is 3. The zero-order valence-corrected chi connectivity index (χ0v) is 39.2. The Morgan fingerprint density at radius 2 is 0.714 bits per heavy atom. The van der Waals surface area contributed by atoms with Gasteiger partial charge >= 0.3 is 0 Å². The lowest BCUT2D eigenvalue weighted by Gasteiger charge is -2.50. The average molecular weight is 957 g/mol. The third-order valence-corrected chi connectivity index (χ3v) is 12.1. The Balaban J connectivity index is 1.19. The molecular weight excluding hydrogens is 893 g/mol. The van der Waals surface area contributed by atoms with Crippen molar-refractivity contribution in [2.45, 2.75) is 107 Å². The first kappa shape index (κ1) is 51.2. The molecule has 2 aliphatic heterocycles. The van der Waals surface area contributed by atoms with Gasteiger partial charge in [0.25, 0.3) is 0 Å². The highest BCUT2D eigenvalue weighted by molar-refractivity contribution is 5.18. The van der Waals surface area contributed by atoms with E-state index in [2.05, 4.69) is 0 Å². The van der Waals surface area contributed by atoms with Gasteiger partial charge in [-0.1, -0.05) is 182 Å². The van der Waals surface area contributed by atoms with E-state index in [1.165, 1.54) is 0 Å². The van der Waals surface area contributed by atoms with Crippen LogP contribution >= 0.6 is 0 Å². The van der Waals surface area contributed by atoms with E-state index in [0.717, 1.165) is 33.4 Å². The molecule has 2 saturated heterocycles. The smallest absolute Gasteiger partial charge is 0.187 e. The number of hydrogen-bond acceptors (Lipinski definition) is 13. The predicted octanol–water partition coefficient (Wildman–Crippen LogP) is 7.33. The second-order valence-electron chi connectivity index (χ2n) is 17.3. The number of rotatable bonds is 26. The van der Waals surface area contributed by atoms with Crippen LogP contribution < -0.4 is 0 Å². The van der Waals surface area contributed by atoms with Crippen LogP contribution in [0.2, 0.25) is 0 Å². The standard InChI is InChI=1S/C57H64O13/c58-31-47(60)39-67-56-55(53(65-37-45-27-15-5-16-28-45)50(48(32-59)68-56)62-34-42-21-9-2-10-22-42)70-57-54(66-38-46-29-17-6-18-30-46)52(64-36-44-25-13-4-14-26-44)51(63-35-43-23-11-3-12-24-43)49(69-57)40-61-33-41-19-7-1-8-20-41/h1-30,47-60H,31-40H2/t47-,48-,49-,50-,51-,52+,53+,54-,55-,56+,57-/m1/s1. The minimum absolute atomic E-state index is 0.0813. The van der Waals surface area contributed by atoms with Crippen molar-refractivity contribution in [3.05, 3.63) is 215 Å². The van der Waals surface area contributed by atoms with E-state index in [-0.39, 0.29) is 46.2 Å². The van der Waals surface area contributed by atoms with Crippen LogP contribution in [0.15, 0.2) is 182 Å². The molecule has 70 heavy (non-hydrogen) atoms. The maximum Gasteiger partial charge on any atom is 0.187 e. The van der Waals surface area contributed by atoms with Crippen LogP contribution in [0.5, 0.6) is 0 Å². The van der Waals surface area contributed by atoms with Crippen LogP contribution in [0.4, 0.5) is 0 Å². The van der Waals surface area contributed by atoms with E-state index >= 15 is 0 Å². The maximum absolute atomic E-state index is 10.9. The molecule has 6 aromatic rings. The molecule has 0 aliphatic carbocycles. The number of ether oxygens (including phenoxy) is 10. The van der Waals surface area contributed by atoms with Gasteiger partial charge in [-0.15, -0.1) is 0 Å². The van der Waals surface area contributed by atoms with Crippen molar-refractivity contribution in [1.29, 1.82) is 0 Å². The van der Waals surface area contributed by atoms with Crippen molar-refractivity contribution in [2.75, 3.05) is 26.4 Å². The average Bonchev–Trinajstić information content (AvgIpc) is 3.42. The molecule has 2 fully saturated rings. The van der Waals surface area contributed by atoms with E-state index < -0.39 is 80.7 Å². The van der Waals surface area contributed by atoms with Crippen LogP contribution in [0.1, 0.15) is 33.4 Å². The molecule has 0 aromatic heterocycles. The third kappa shape index (κ3) is 14.9. The summed E-state index contributed by atoms with van der Waals surface area (Å²) in [5, 5.41) is 31.4. The SMILES string of the molecule is OC[C@@H](O)CO[C@H]1O[C@H](CO)[C@@H](OCc2ccccc2)[C@H](OCc2ccccc2)[C@H]1O[C@H]1O[C@H](COCc2ccccc2)[C@@H](OCc2ccccc2)[C@H](OCc2ccccc2)[C@H]1OCc1ccccc1. The first-order valence-electron chi connectivity index (χ1n) is 23.9. The van der Waals surface area contributed by atoms with Crippen molar-refractivity contribution in [2.24, 2.45) is 0 Å². The van der Waals surface area contributed by atoms with Crippen LogP contribution in [-0.4, -0.2) is 109 Å². The van der Waals surface area contributed by atoms with Gasteiger partial charge in [0.05, 0.1) is 66.1 Å². The van der Waals surface area contributed by atoms with Gasteiger partial charge in [0.15, 0.2) is 12.6 Å². The number of aliphatic hydroxyl groups is 3. The molecule has 0 spiro atoms. The summed E-state index contributed by atoms with van der Waals surface area (Å²) in [7, 11) is 0. The first-order chi connectivity index (χ1) is 34.5. The Labute approximate surface area is 410 Å². The molecule has 6 aromatic carbocycles. The van der Waals surface area contributed by atoms with Crippen LogP contribution in [0.25, 0.3) is 0 Å². The minimum Gasteiger partial charge on any atom is -0.394 e. The van der Waals surface area contributed by atoms with Gasteiger partial charge < -0.3 is 62.7 Å². The summed E-state index contributed by atoms with van der Waals surface area (Å²) in [5.41, 5.74) is 5.55. The van der Waals surface area contributed by atoms with Gasteiger partial charge in [-0.3, -0.25) is 0 Å². The molecule has 11 atom stereocenters. The first-order valence-corrected chi connectivity index (χ1v) is 23.9. The lowest BCUT2D eigenvalue weighted by molar-refractivity contribution is -0.384. The zero-order valence-electron chi connectivity index (χ0n) is 39.2. The molecule has 3 N–H and O–H groups in total. The molecule has 0 bridgehead atoms. The van der Waals surface area contributed by atoms with Crippen molar-refractivity contribution in [3.8, 4) is 0 Å². The summed E-state index contributed by atoms with van der Waals surface area (Å²) in [4.78, 5) is 0. The predicted molar refractivity (Wildman–Crippen MR) is 260 cm³/mol. The fourth-order valence-corrected chi connectivity index (χ4v) is 8.50. The molecule has 13 nitrogen and oxygen atoms in total. The molecule has 0 saturated carbocycles. The molecule has 2 heterocycles. The summed E-state index contributed by atoms with van der Waals surface area (Å²) < 4.78 is 68.0. The van der Waals surface area contributed by atoms with Gasteiger partial charge in [-0.2, -0.15) is 0 Å². The van der Waals surface area contributed by atoms with Crippen molar-refractivity contribution < 1.29 is 62.7 Å². The van der Waals surface area contributed by atoms with Gasteiger partial charge in [-0.25, -0.2) is 0 Å². The maximum atomic E-state index is 10.9. The van der Waals surface area contributed by atoms with E-state index in [9.17, 15) is 15.3 Å². The highest BCUT2D eigenvalue weighted by Crippen LogP contribution is 2.37. The van der Waals surface area contributed by atoms with E-state index in [1.54, 1.807) is 0 Å². The Bertz CT molecular complexity index is 2320. The number of hydrogen-bond donors (Lipinski definition) is 3. The quantitative estimate of drug-likeness (QED) is 0.0498. The Hall–Kier alpha value is -5.20. The topological polar surface area (TPSA) is 153 Å². The second kappa shape index (κ2) is 27.4. The minimum atomic E-state index is -1.28. The van der Waals surface area contributed by atoms with E-state index in [1.807, 2.05) is 182 Å². The van der Waals surface area contributed by atoms with Gasteiger partial charge in [0.1, 0.15) is 54.9 Å². The van der Waals surface area contributed by atoms with Crippen LogP contribution in [0.3, 0.4) is 0 Å².